The molecule has 1 heterocycles. The topological polar surface area (TPSA) is 35.5 Å². The lowest BCUT2D eigenvalue weighted by atomic mass is 9.40. The van der Waals surface area contributed by atoms with E-state index in [4.69, 9.17) is 9.47 Å². The fraction of sp³-hybridized carbons (Fsp3) is 0.955. The van der Waals surface area contributed by atoms with E-state index in [-0.39, 0.29) is 11.2 Å². The van der Waals surface area contributed by atoms with Crippen LogP contribution in [0.3, 0.4) is 0 Å². The van der Waals surface area contributed by atoms with E-state index < -0.39 is 0 Å². The third-order valence-corrected chi connectivity index (χ3v) is 9.87. The molecule has 0 bridgehead atoms. The van der Waals surface area contributed by atoms with Crippen molar-refractivity contribution in [2.24, 2.45) is 34.0 Å². The molecule has 5 fully saturated rings. The molecule has 0 aromatic rings. The quantitative estimate of drug-likeness (QED) is 0.636. The Hall–Kier alpha value is -0.410. The van der Waals surface area contributed by atoms with Crippen molar-refractivity contribution < 1.29 is 14.3 Å². The fourth-order valence-electron chi connectivity index (χ4n) is 8.12. The average Bonchev–Trinajstić information content (AvgIpc) is 3.14. The highest BCUT2D eigenvalue weighted by Gasteiger charge is 2.65. The zero-order valence-electron chi connectivity index (χ0n) is 16.2. The van der Waals surface area contributed by atoms with Crippen molar-refractivity contribution >= 4 is 5.78 Å². The van der Waals surface area contributed by atoms with Gasteiger partial charge in [0.2, 0.25) is 0 Å². The average molecular weight is 347 g/mol. The van der Waals surface area contributed by atoms with Crippen molar-refractivity contribution in [3.63, 3.8) is 0 Å². The molecule has 0 unspecified atom stereocenters. The maximum atomic E-state index is 12.6. The number of ketones is 1. The summed E-state index contributed by atoms with van der Waals surface area (Å²) < 4.78 is 12.2. The molecular weight excluding hydrogens is 312 g/mol. The van der Waals surface area contributed by atoms with E-state index in [9.17, 15) is 4.79 Å². The highest BCUT2D eigenvalue weighted by atomic mass is 16.7. The van der Waals surface area contributed by atoms with Crippen molar-refractivity contribution in [1.29, 1.82) is 0 Å². The summed E-state index contributed by atoms with van der Waals surface area (Å²) in [5, 5.41) is 0. The van der Waals surface area contributed by atoms with Gasteiger partial charge in [0, 0.05) is 24.7 Å². The zero-order chi connectivity index (χ0) is 17.5. The molecule has 0 N–H and O–H groups in total. The van der Waals surface area contributed by atoms with Gasteiger partial charge in [-0.15, -0.1) is 0 Å². The van der Waals surface area contributed by atoms with Crippen molar-refractivity contribution in [1.82, 2.24) is 0 Å². The SMILES string of the molecule is C[C@]12CC[C@H]3[C@@H]4CCC(=O)[C@@]4(C)CC[C@@H]3[C@@]1(C)CCC1(C2)OCCO1. The van der Waals surface area contributed by atoms with Gasteiger partial charge in [0.25, 0.3) is 0 Å². The van der Waals surface area contributed by atoms with Crippen molar-refractivity contribution in [2.45, 2.75) is 84.3 Å². The molecule has 0 amide bonds. The summed E-state index contributed by atoms with van der Waals surface area (Å²) in [6, 6.07) is 0. The second kappa shape index (κ2) is 5.10. The molecule has 140 valence electrons. The van der Waals surface area contributed by atoms with Crippen LogP contribution >= 0.6 is 0 Å². The maximum absolute atomic E-state index is 12.6. The molecule has 3 nitrogen and oxygen atoms in total. The molecule has 4 saturated carbocycles. The molecule has 0 radical (unpaired) electrons. The lowest BCUT2D eigenvalue weighted by Crippen LogP contribution is -2.60. The van der Waals surface area contributed by atoms with E-state index in [2.05, 4.69) is 20.8 Å². The Morgan fingerprint density at radius 2 is 1.64 bits per heavy atom. The second-order valence-corrected chi connectivity index (χ2v) is 10.6. The smallest absolute Gasteiger partial charge is 0.169 e. The number of Topliss-reactive ketones (excluding diaryl/α,β-unsaturated/α-hetero) is 1. The lowest BCUT2D eigenvalue weighted by molar-refractivity contribution is -0.256. The van der Waals surface area contributed by atoms with Crippen LogP contribution in [-0.2, 0) is 14.3 Å². The van der Waals surface area contributed by atoms with Crippen LogP contribution < -0.4 is 0 Å². The van der Waals surface area contributed by atoms with Crippen molar-refractivity contribution in [3.05, 3.63) is 0 Å². The van der Waals surface area contributed by atoms with E-state index in [1.54, 1.807) is 0 Å². The fourth-order valence-corrected chi connectivity index (χ4v) is 8.12. The zero-order valence-corrected chi connectivity index (χ0v) is 16.2. The van der Waals surface area contributed by atoms with E-state index in [0.717, 1.165) is 57.2 Å². The van der Waals surface area contributed by atoms with Crippen LogP contribution in [0, 0.1) is 34.0 Å². The predicted octanol–water partition coefficient (Wildman–Crippen LogP) is 4.73. The normalized spacial score (nSPS) is 54.2. The molecule has 4 aliphatic carbocycles. The number of fused-ring (bicyclic) bond motifs is 5. The first kappa shape index (κ1) is 16.7. The van der Waals surface area contributed by atoms with E-state index >= 15 is 0 Å². The molecule has 1 saturated heterocycles. The van der Waals surface area contributed by atoms with Gasteiger partial charge in [0.05, 0.1) is 13.2 Å². The first-order chi connectivity index (χ1) is 11.8. The molecule has 5 aliphatic rings. The number of ether oxygens (including phenoxy) is 2. The van der Waals surface area contributed by atoms with Gasteiger partial charge in [-0.1, -0.05) is 20.8 Å². The van der Waals surface area contributed by atoms with E-state index in [1.807, 2.05) is 0 Å². The number of hydrogen-bond donors (Lipinski definition) is 0. The largest absolute Gasteiger partial charge is 0.348 e. The molecule has 0 aromatic carbocycles. The summed E-state index contributed by atoms with van der Waals surface area (Å²) in [5.74, 6) is 2.48. The van der Waals surface area contributed by atoms with Gasteiger partial charge in [-0.2, -0.15) is 0 Å². The van der Waals surface area contributed by atoms with Gasteiger partial charge in [-0.3, -0.25) is 4.79 Å². The van der Waals surface area contributed by atoms with Crippen LogP contribution in [0.4, 0.5) is 0 Å². The Morgan fingerprint density at radius 1 is 0.880 bits per heavy atom. The van der Waals surface area contributed by atoms with Gasteiger partial charge in [-0.25, -0.2) is 0 Å². The molecule has 0 aromatic heterocycles. The standard InChI is InChI=1S/C22H34O3/c1-19-8-6-15-16-4-5-18(23)20(16,2)9-7-17(15)21(19,3)10-11-22(14-19)24-12-13-25-22/h15-17H,4-14H2,1-3H3/t15-,16-,17-,19+,20-,21+/m0/s1. The Labute approximate surface area is 152 Å². The first-order valence-electron chi connectivity index (χ1n) is 10.6. The summed E-state index contributed by atoms with van der Waals surface area (Å²) in [4.78, 5) is 12.6. The summed E-state index contributed by atoms with van der Waals surface area (Å²) in [6.07, 6.45) is 10.3. The third kappa shape index (κ3) is 2.03. The van der Waals surface area contributed by atoms with E-state index in [1.165, 1.54) is 25.7 Å². The number of hydrogen-bond acceptors (Lipinski definition) is 3. The molecule has 5 rings (SSSR count). The minimum absolute atomic E-state index is 0.00116. The molecule has 6 atom stereocenters. The lowest BCUT2D eigenvalue weighted by Gasteiger charge is -2.65. The van der Waals surface area contributed by atoms with Crippen LogP contribution in [0.5, 0.6) is 0 Å². The molecule has 3 heteroatoms. The summed E-state index contributed by atoms with van der Waals surface area (Å²) >= 11 is 0. The summed E-state index contributed by atoms with van der Waals surface area (Å²) in [7, 11) is 0. The second-order valence-electron chi connectivity index (χ2n) is 10.6. The number of carbonyl (C=O) groups is 1. The van der Waals surface area contributed by atoms with Gasteiger partial charge in [0.15, 0.2) is 5.79 Å². The minimum atomic E-state index is -0.284. The van der Waals surface area contributed by atoms with Crippen molar-refractivity contribution in [2.75, 3.05) is 13.2 Å². The maximum Gasteiger partial charge on any atom is 0.169 e. The third-order valence-electron chi connectivity index (χ3n) is 9.87. The summed E-state index contributed by atoms with van der Waals surface area (Å²) in [6.45, 7) is 8.91. The highest BCUT2D eigenvalue weighted by molar-refractivity contribution is 5.87. The van der Waals surface area contributed by atoms with Crippen LogP contribution in [0.2, 0.25) is 0 Å². The van der Waals surface area contributed by atoms with Crippen LogP contribution in [0.15, 0.2) is 0 Å². The Bertz CT molecular complexity index is 594. The van der Waals surface area contributed by atoms with Crippen LogP contribution in [0.25, 0.3) is 0 Å². The number of carbonyl (C=O) groups excluding carboxylic acids is 1. The van der Waals surface area contributed by atoms with Gasteiger partial charge >= 0.3 is 0 Å². The molecule has 1 spiro atoms. The van der Waals surface area contributed by atoms with Crippen molar-refractivity contribution in [3.8, 4) is 0 Å². The molecule has 25 heavy (non-hydrogen) atoms. The van der Waals surface area contributed by atoms with E-state index in [0.29, 0.717) is 22.5 Å². The highest BCUT2D eigenvalue weighted by Crippen LogP contribution is 2.70. The Kier molecular flexibility index (Phi) is 3.41. The number of rotatable bonds is 0. The first-order valence-corrected chi connectivity index (χ1v) is 10.6. The minimum Gasteiger partial charge on any atom is -0.348 e. The van der Waals surface area contributed by atoms with Gasteiger partial charge in [-0.05, 0) is 67.1 Å². The Balaban J connectivity index is 1.46. The van der Waals surface area contributed by atoms with Gasteiger partial charge in [0.1, 0.15) is 5.78 Å². The molecular formula is C22H34O3. The van der Waals surface area contributed by atoms with Crippen LogP contribution in [-0.4, -0.2) is 24.8 Å². The monoisotopic (exact) mass is 346 g/mol. The Morgan fingerprint density at radius 3 is 2.40 bits per heavy atom. The predicted molar refractivity (Wildman–Crippen MR) is 96.0 cm³/mol. The van der Waals surface area contributed by atoms with Gasteiger partial charge < -0.3 is 9.47 Å². The molecule has 1 aliphatic heterocycles. The summed E-state index contributed by atoms with van der Waals surface area (Å²) in [5.41, 5.74) is 0.690. The van der Waals surface area contributed by atoms with Crippen LogP contribution in [0.1, 0.15) is 78.6 Å².